The van der Waals surface area contributed by atoms with Crippen molar-refractivity contribution in [3.05, 3.63) is 29.3 Å². The molecule has 2 aliphatic rings. The molecule has 13 heteroatoms. The minimum Gasteiger partial charge on any atom is -0.479 e. The minimum absolute atomic E-state index is 0.0420. The summed E-state index contributed by atoms with van der Waals surface area (Å²) in [7, 11) is 0. The predicted octanol–water partition coefficient (Wildman–Crippen LogP) is 4.46. The van der Waals surface area contributed by atoms with E-state index in [0.29, 0.717) is 18.9 Å². The number of benzene rings is 1. The second-order valence-electron chi connectivity index (χ2n) is 7.77. The average Bonchev–Trinajstić information content (AvgIpc) is 2.73. The van der Waals surface area contributed by atoms with Crippen LogP contribution >= 0.6 is 0 Å². The largest absolute Gasteiger partial charge is 0.479 e. The van der Waals surface area contributed by atoms with Gasteiger partial charge in [-0.3, -0.25) is 4.79 Å². The zero-order valence-corrected chi connectivity index (χ0v) is 16.2. The number of hydrogen-bond acceptors (Lipinski definition) is 3. The highest BCUT2D eigenvalue weighted by atomic mass is 19.4. The van der Waals surface area contributed by atoms with Crippen LogP contribution in [0.3, 0.4) is 0 Å². The molecule has 1 saturated heterocycles. The van der Waals surface area contributed by atoms with Crippen molar-refractivity contribution in [1.29, 1.82) is 0 Å². The fourth-order valence-electron chi connectivity index (χ4n) is 3.87. The van der Waals surface area contributed by atoms with Crippen LogP contribution in [-0.2, 0) is 10.7 Å². The van der Waals surface area contributed by atoms with Gasteiger partial charge in [-0.2, -0.15) is 30.7 Å². The highest BCUT2D eigenvalue weighted by Gasteiger charge is 2.73. The molecule has 0 saturated carbocycles. The van der Waals surface area contributed by atoms with Crippen LogP contribution in [0.5, 0.6) is 5.75 Å². The number of carbonyl (C=O) groups is 1. The molecule has 180 valence electrons. The van der Waals surface area contributed by atoms with E-state index in [1.54, 1.807) is 0 Å². The molecule has 1 amide bonds. The second kappa shape index (κ2) is 7.99. The Labute approximate surface area is 175 Å². The summed E-state index contributed by atoms with van der Waals surface area (Å²) < 4.78 is 126. The number of amides is 1. The smallest absolute Gasteiger partial charge is 0.460 e. The van der Waals surface area contributed by atoms with Crippen molar-refractivity contribution in [3.63, 3.8) is 0 Å². The summed E-state index contributed by atoms with van der Waals surface area (Å²) in [6.07, 6.45) is -7.96. The number of carbonyl (C=O) groups excluding carboxylic acids is 1. The van der Waals surface area contributed by atoms with Crippen LogP contribution in [-0.4, -0.2) is 59.6 Å². The maximum absolute atomic E-state index is 14.3. The van der Waals surface area contributed by atoms with E-state index in [0.717, 1.165) is 4.90 Å². The molecule has 2 aliphatic heterocycles. The van der Waals surface area contributed by atoms with Crippen molar-refractivity contribution in [2.45, 2.75) is 55.0 Å². The quantitative estimate of drug-likeness (QED) is 0.635. The first-order valence-corrected chi connectivity index (χ1v) is 9.49. The summed E-state index contributed by atoms with van der Waals surface area (Å²) in [6.45, 7) is -3.24. The lowest BCUT2D eigenvalue weighted by Crippen LogP contribution is -2.61. The van der Waals surface area contributed by atoms with Crippen molar-refractivity contribution in [1.82, 2.24) is 4.90 Å². The second-order valence-corrected chi connectivity index (χ2v) is 7.77. The molecule has 1 N–H and O–H groups in total. The zero-order chi connectivity index (χ0) is 24.1. The number of ether oxygens (including phenoxy) is 1. The summed E-state index contributed by atoms with van der Waals surface area (Å²) in [5.41, 5.74) is -4.84. The standard InChI is InChI=1S/C19H18F9NO3/c20-8-16(9-21)15(31)14(29-6-2-1-3-13(29)30)11-7-10(4-5-12(11)32-16)17(22,23)18(24,25)19(26,27)28/h4-5,7,14-15,31H,1-3,6,8-9H2/t14-,15+/m0/s1. The van der Waals surface area contributed by atoms with Crippen molar-refractivity contribution in [2.24, 2.45) is 0 Å². The first kappa shape index (κ1) is 24.5. The number of piperidine rings is 1. The molecule has 1 fully saturated rings. The summed E-state index contributed by atoms with van der Waals surface area (Å²) in [5, 5.41) is 10.7. The lowest BCUT2D eigenvalue weighted by molar-refractivity contribution is -0.359. The number of likely N-dealkylation sites (tertiary alicyclic amines) is 1. The fraction of sp³-hybridized carbons (Fsp3) is 0.632. The predicted molar refractivity (Wildman–Crippen MR) is 91.0 cm³/mol. The summed E-state index contributed by atoms with van der Waals surface area (Å²) in [6, 6.07) is -0.677. The molecule has 0 aromatic heterocycles. The van der Waals surface area contributed by atoms with Gasteiger partial charge in [0.25, 0.3) is 0 Å². The Hall–Kier alpha value is -2.18. The van der Waals surface area contributed by atoms with Gasteiger partial charge in [-0.1, -0.05) is 0 Å². The fourth-order valence-corrected chi connectivity index (χ4v) is 3.87. The van der Waals surface area contributed by atoms with Crippen molar-refractivity contribution in [2.75, 3.05) is 19.9 Å². The molecule has 2 atom stereocenters. The number of aliphatic hydroxyl groups is 1. The maximum atomic E-state index is 14.3. The van der Waals surface area contributed by atoms with Gasteiger partial charge in [0.05, 0.1) is 6.04 Å². The highest BCUT2D eigenvalue weighted by Crippen LogP contribution is 2.53. The third kappa shape index (κ3) is 3.57. The normalized spacial score (nSPS) is 24.2. The number of rotatable bonds is 5. The molecule has 3 rings (SSSR count). The van der Waals surface area contributed by atoms with Gasteiger partial charge < -0.3 is 14.7 Å². The van der Waals surface area contributed by atoms with Gasteiger partial charge in [-0.25, -0.2) is 8.78 Å². The molecule has 0 bridgehead atoms. The SMILES string of the molecule is O=C1CCCCN1[C@H]1c2cc(C(F)(F)C(F)(F)C(F)(F)F)ccc2OC(CF)(CF)[C@@H]1O. The first-order chi connectivity index (χ1) is 14.7. The summed E-state index contributed by atoms with van der Waals surface area (Å²) in [5.74, 6) is -13.3. The van der Waals surface area contributed by atoms with Gasteiger partial charge in [-0.05, 0) is 31.0 Å². The molecule has 4 nitrogen and oxygen atoms in total. The van der Waals surface area contributed by atoms with Gasteiger partial charge in [0.15, 0.2) is 5.60 Å². The van der Waals surface area contributed by atoms with E-state index in [2.05, 4.69) is 0 Å². The molecule has 0 aliphatic carbocycles. The Kier molecular flexibility index (Phi) is 6.11. The molecule has 32 heavy (non-hydrogen) atoms. The first-order valence-electron chi connectivity index (χ1n) is 9.49. The van der Waals surface area contributed by atoms with E-state index in [4.69, 9.17) is 4.74 Å². The van der Waals surface area contributed by atoms with Crippen LogP contribution in [0.15, 0.2) is 18.2 Å². The zero-order valence-electron chi connectivity index (χ0n) is 16.2. The van der Waals surface area contributed by atoms with Crippen LogP contribution < -0.4 is 4.74 Å². The Morgan fingerprint density at radius 1 is 1.06 bits per heavy atom. The van der Waals surface area contributed by atoms with E-state index < -0.39 is 71.9 Å². The Morgan fingerprint density at radius 3 is 2.22 bits per heavy atom. The molecule has 0 spiro atoms. The maximum Gasteiger partial charge on any atom is 0.460 e. The third-order valence-corrected chi connectivity index (χ3v) is 5.74. The van der Waals surface area contributed by atoms with Crippen LogP contribution in [0.4, 0.5) is 39.5 Å². The van der Waals surface area contributed by atoms with Crippen molar-refractivity contribution >= 4 is 5.91 Å². The highest BCUT2D eigenvalue weighted by molar-refractivity contribution is 5.77. The topological polar surface area (TPSA) is 49.8 Å². The van der Waals surface area contributed by atoms with Crippen LogP contribution in [0.25, 0.3) is 0 Å². The average molecular weight is 479 g/mol. The minimum atomic E-state index is -6.58. The third-order valence-electron chi connectivity index (χ3n) is 5.74. The Balaban J connectivity index is 2.17. The van der Waals surface area contributed by atoms with E-state index in [1.807, 2.05) is 0 Å². The van der Waals surface area contributed by atoms with Gasteiger partial charge in [0, 0.05) is 24.1 Å². The van der Waals surface area contributed by atoms with Gasteiger partial charge >= 0.3 is 18.0 Å². The Morgan fingerprint density at radius 2 is 1.69 bits per heavy atom. The molecule has 2 heterocycles. The molecule has 0 radical (unpaired) electrons. The number of hydrogen-bond donors (Lipinski definition) is 1. The number of halogens is 9. The number of alkyl halides is 9. The Bertz CT molecular complexity index is 870. The van der Waals surface area contributed by atoms with Crippen molar-refractivity contribution in [3.8, 4) is 5.75 Å². The molecule has 1 aromatic carbocycles. The molecular weight excluding hydrogens is 461 g/mol. The van der Waals surface area contributed by atoms with Crippen molar-refractivity contribution < 1.29 is 54.2 Å². The van der Waals surface area contributed by atoms with Crippen LogP contribution in [0.1, 0.15) is 36.4 Å². The van der Waals surface area contributed by atoms with Gasteiger partial charge in [0.2, 0.25) is 5.91 Å². The number of nitrogens with zero attached hydrogens (tertiary/aromatic N) is 1. The van der Waals surface area contributed by atoms with Gasteiger partial charge in [0.1, 0.15) is 25.2 Å². The summed E-state index contributed by atoms with van der Waals surface area (Å²) in [4.78, 5) is 13.3. The van der Waals surface area contributed by atoms with Crippen LogP contribution in [0, 0.1) is 0 Å². The van der Waals surface area contributed by atoms with E-state index >= 15 is 0 Å². The van der Waals surface area contributed by atoms with E-state index in [1.165, 1.54) is 0 Å². The lowest BCUT2D eigenvalue weighted by Gasteiger charge is -2.48. The number of aliphatic hydroxyl groups excluding tert-OH is 1. The number of fused-ring (bicyclic) bond motifs is 1. The van der Waals surface area contributed by atoms with Crippen LogP contribution in [0.2, 0.25) is 0 Å². The molecule has 0 unspecified atom stereocenters. The summed E-state index contributed by atoms with van der Waals surface area (Å²) >= 11 is 0. The lowest BCUT2D eigenvalue weighted by atomic mass is 9.82. The monoisotopic (exact) mass is 479 g/mol. The molecular formula is C19H18F9NO3. The molecule has 1 aromatic rings. The van der Waals surface area contributed by atoms with Gasteiger partial charge in [-0.15, -0.1) is 0 Å². The van der Waals surface area contributed by atoms with E-state index in [9.17, 15) is 49.4 Å². The van der Waals surface area contributed by atoms with E-state index in [-0.39, 0.29) is 25.1 Å².